The van der Waals surface area contributed by atoms with E-state index in [2.05, 4.69) is 41.5 Å². The second-order valence-electron chi connectivity index (χ2n) is 23.1. The number of carbonyl (C=O) groups is 6. The first-order valence-corrected chi connectivity index (χ1v) is 34.4. The fourth-order valence-electron chi connectivity index (χ4n) is 9.86. The minimum atomic E-state index is -0.611. The first kappa shape index (κ1) is 77.3. The quantitative estimate of drug-likeness (QED) is 0.0351. The third-order valence-electron chi connectivity index (χ3n) is 15.3. The summed E-state index contributed by atoms with van der Waals surface area (Å²) in [5, 5.41) is 0. The Morgan fingerprint density at radius 2 is 0.381 bits per heavy atom. The minimum absolute atomic E-state index is 0.0583. The Morgan fingerprint density at radius 3 is 0.583 bits per heavy atom. The Kier molecular flexibility index (Phi) is 51.6. The van der Waals surface area contributed by atoms with E-state index in [1.165, 1.54) is 190 Å². The molecule has 0 radical (unpaired) electrons. The molecule has 0 aromatic heterocycles. The van der Waals surface area contributed by atoms with Gasteiger partial charge >= 0.3 is 35.8 Å². The lowest BCUT2D eigenvalue weighted by Crippen LogP contribution is -2.17. The van der Waals surface area contributed by atoms with E-state index in [4.69, 9.17) is 28.4 Å². The van der Waals surface area contributed by atoms with E-state index >= 15 is 0 Å². The Labute approximate surface area is 511 Å². The molecule has 0 spiro atoms. The summed E-state index contributed by atoms with van der Waals surface area (Å²) in [6.07, 6.45) is 47.2. The molecule has 0 unspecified atom stereocenters. The lowest BCUT2D eigenvalue weighted by atomic mass is 10.0. The van der Waals surface area contributed by atoms with E-state index in [-0.39, 0.29) is 46.6 Å². The number of esters is 6. The number of benzene rings is 2. The van der Waals surface area contributed by atoms with Gasteiger partial charge in [-0.2, -0.15) is 0 Å². The molecule has 0 heterocycles. The summed E-state index contributed by atoms with van der Waals surface area (Å²) in [5.41, 5.74) is 0.865. The molecule has 2 rings (SSSR count). The highest BCUT2D eigenvalue weighted by Crippen LogP contribution is 2.21. The van der Waals surface area contributed by atoms with Crippen molar-refractivity contribution in [3.63, 3.8) is 0 Å². The monoisotopic (exact) mass is 1180 g/mol. The minimum Gasteiger partial charge on any atom is -0.462 e. The first-order valence-electron chi connectivity index (χ1n) is 34.4. The normalized spacial score (nSPS) is 10.9. The van der Waals surface area contributed by atoms with Crippen LogP contribution in [0.25, 0.3) is 0 Å². The van der Waals surface area contributed by atoms with Crippen molar-refractivity contribution in [2.75, 3.05) is 39.6 Å². The molecule has 0 N–H and O–H groups in total. The van der Waals surface area contributed by atoms with Crippen molar-refractivity contribution in [2.24, 2.45) is 0 Å². The zero-order chi connectivity index (χ0) is 61.4. The average molecular weight is 1180 g/mol. The molecule has 480 valence electrons. The Bertz CT molecular complexity index is 1980. The van der Waals surface area contributed by atoms with Crippen LogP contribution in [0.1, 0.15) is 373 Å². The molecule has 0 bridgehead atoms. The highest BCUT2D eigenvalue weighted by molar-refractivity contribution is 6.06. The Morgan fingerprint density at radius 1 is 0.214 bits per heavy atom. The topological polar surface area (TPSA) is 158 Å². The number of rotatable bonds is 54. The molecule has 0 aliphatic heterocycles. The molecule has 12 nitrogen and oxygen atoms in total. The number of carbonyl (C=O) groups excluding carboxylic acids is 6. The smallest absolute Gasteiger partial charge is 0.339 e. The highest BCUT2D eigenvalue weighted by atomic mass is 16.6. The van der Waals surface area contributed by atoms with Gasteiger partial charge in [-0.1, -0.05) is 273 Å². The van der Waals surface area contributed by atoms with Gasteiger partial charge in [0.1, 0.15) is 0 Å². The van der Waals surface area contributed by atoms with Gasteiger partial charge in [0.05, 0.1) is 73.0 Å². The molecular weight excluding hydrogens is 1060 g/mol. The number of hydrogen-bond acceptors (Lipinski definition) is 12. The maximum absolute atomic E-state index is 13.1. The predicted octanol–water partition coefficient (Wildman–Crippen LogP) is 20.8. The largest absolute Gasteiger partial charge is 0.462 e. The van der Waals surface area contributed by atoms with Crippen LogP contribution in [-0.4, -0.2) is 75.5 Å². The SMILES string of the molecule is CCCCCCCCCCOC(=O)c1ccc(C(=O)OCCCCCCCCCC)c(C(=O)OCCCCCCCCCC)c1.CCCCCCCCOC(=O)c1ccc(C(=O)OCCCCCCCC)c(C(=O)OCCCCCCCC)c1. The first-order chi connectivity index (χ1) is 41.1. The van der Waals surface area contributed by atoms with Crippen molar-refractivity contribution in [1.82, 2.24) is 0 Å². The van der Waals surface area contributed by atoms with Gasteiger partial charge in [-0.15, -0.1) is 0 Å². The van der Waals surface area contributed by atoms with Gasteiger partial charge < -0.3 is 28.4 Å². The second-order valence-corrected chi connectivity index (χ2v) is 23.1. The van der Waals surface area contributed by atoms with Crippen LogP contribution in [0.4, 0.5) is 0 Å². The fourth-order valence-corrected chi connectivity index (χ4v) is 9.86. The molecule has 0 saturated carbocycles. The van der Waals surface area contributed by atoms with E-state index < -0.39 is 35.8 Å². The van der Waals surface area contributed by atoms with E-state index in [1.54, 1.807) is 0 Å². The Balaban J connectivity index is 0.000000849. The van der Waals surface area contributed by atoms with Crippen LogP contribution in [0.5, 0.6) is 0 Å². The molecule has 0 aliphatic rings. The van der Waals surface area contributed by atoms with Gasteiger partial charge in [-0.3, -0.25) is 0 Å². The van der Waals surface area contributed by atoms with E-state index in [0.717, 1.165) is 116 Å². The summed E-state index contributed by atoms with van der Waals surface area (Å²) in [7, 11) is 0. The van der Waals surface area contributed by atoms with Crippen molar-refractivity contribution in [3.8, 4) is 0 Å². The molecule has 2 aromatic carbocycles. The van der Waals surface area contributed by atoms with Gasteiger partial charge in [-0.25, -0.2) is 28.8 Å². The van der Waals surface area contributed by atoms with E-state index in [9.17, 15) is 28.8 Å². The standard InChI is InChI=1S/C39H66O6.C33H54O6/c1-4-7-10-13-16-19-22-25-30-43-37(40)34-28-29-35(38(41)44-31-26-23-20-17-14-11-8-5-2)36(33-34)39(42)45-32-27-24-21-18-15-12-9-6-3;1-4-7-10-13-16-19-24-37-31(34)28-22-23-29(32(35)38-25-20-17-14-11-8-5-2)30(27-28)33(36)39-26-21-18-15-12-9-6-3/h28-29,33H,4-27,30-32H2,1-3H3;22-23,27H,4-21,24-26H2,1-3H3. The van der Waals surface area contributed by atoms with Crippen molar-refractivity contribution < 1.29 is 57.2 Å². The lowest BCUT2D eigenvalue weighted by molar-refractivity contribution is 0.0447. The predicted molar refractivity (Wildman–Crippen MR) is 343 cm³/mol. The van der Waals surface area contributed by atoms with Gasteiger partial charge in [0.15, 0.2) is 0 Å². The second kappa shape index (κ2) is 56.1. The summed E-state index contributed by atoms with van der Waals surface area (Å²) >= 11 is 0. The third-order valence-corrected chi connectivity index (χ3v) is 15.3. The summed E-state index contributed by atoms with van der Waals surface area (Å²) in [6, 6.07) is 8.88. The maximum Gasteiger partial charge on any atom is 0.339 e. The zero-order valence-corrected chi connectivity index (χ0v) is 54.3. The zero-order valence-electron chi connectivity index (χ0n) is 54.3. The van der Waals surface area contributed by atoms with Gasteiger partial charge in [0, 0.05) is 0 Å². The van der Waals surface area contributed by atoms with Crippen LogP contribution in [-0.2, 0) is 28.4 Å². The number of hydrogen-bond donors (Lipinski definition) is 0. The van der Waals surface area contributed by atoms with Gasteiger partial charge in [-0.05, 0) is 74.9 Å². The van der Waals surface area contributed by atoms with Crippen molar-refractivity contribution in [3.05, 3.63) is 69.8 Å². The fraction of sp³-hybridized carbons (Fsp3) is 0.750. The van der Waals surface area contributed by atoms with Crippen LogP contribution in [0.3, 0.4) is 0 Å². The van der Waals surface area contributed by atoms with Gasteiger partial charge in [0.2, 0.25) is 0 Å². The van der Waals surface area contributed by atoms with E-state index in [0.29, 0.717) is 26.4 Å². The van der Waals surface area contributed by atoms with Crippen molar-refractivity contribution >= 4 is 35.8 Å². The van der Waals surface area contributed by atoms with Crippen LogP contribution in [0.15, 0.2) is 36.4 Å². The van der Waals surface area contributed by atoms with Crippen LogP contribution >= 0.6 is 0 Å². The van der Waals surface area contributed by atoms with Crippen LogP contribution < -0.4 is 0 Å². The summed E-state index contributed by atoms with van der Waals surface area (Å²) in [5.74, 6) is -3.33. The molecule has 0 fully saturated rings. The van der Waals surface area contributed by atoms with Crippen LogP contribution in [0.2, 0.25) is 0 Å². The average Bonchev–Trinajstić information content (AvgIpc) is 3.70. The molecule has 0 aliphatic carbocycles. The lowest BCUT2D eigenvalue weighted by Gasteiger charge is -2.12. The summed E-state index contributed by atoms with van der Waals surface area (Å²) in [6.45, 7) is 15.0. The summed E-state index contributed by atoms with van der Waals surface area (Å²) < 4.78 is 33.0. The molecule has 0 amide bonds. The number of unbranched alkanes of at least 4 members (excludes halogenated alkanes) is 36. The van der Waals surface area contributed by atoms with E-state index in [1.807, 2.05) is 0 Å². The third kappa shape index (κ3) is 40.6. The molecular formula is C72H120O12. The maximum atomic E-state index is 13.1. The Hall–Kier alpha value is -4.74. The van der Waals surface area contributed by atoms with Gasteiger partial charge in [0.25, 0.3) is 0 Å². The highest BCUT2D eigenvalue weighted by Gasteiger charge is 2.24. The molecule has 0 saturated heterocycles. The molecule has 2 aromatic rings. The number of ether oxygens (including phenoxy) is 6. The summed E-state index contributed by atoms with van der Waals surface area (Å²) in [4.78, 5) is 77.4. The molecule has 12 heteroatoms. The van der Waals surface area contributed by atoms with Crippen molar-refractivity contribution in [2.45, 2.75) is 311 Å². The molecule has 0 atom stereocenters. The van der Waals surface area contributed by atoms with Crippen LogP contribution in [0, 0.1) is 0 Å². The molecule has 84 heavy (non-hydrogen) atoms. The van der Waals surface area contributed by atoms with Crippen molar-refractivity contribution in [1.29, 1.82) is 0 Å².